The van der Waals surface area contributed by atoms with E-state index in [1.807, 2.05) is 36.5 Å². The van der Waals surface area contributed by atoms with E-state index in [4.69, 9.17) is 19.4 Å². The number of hydrogen-bond acceptors (Lipinski definition) is 3. The maximum atomic E-state index is 6.37. The summed E-state index contributed by atoms with van der Waals surface area (Å²) >= 11 is 0. The van der Waals surface area contributed by atoms with Gasteiger partial charge in [-0.05, 0) is 89.6 Å². The molecule has 5 aromatic heterocycles. The summed E-state index contributed by atoms with van der Waals surface area (Å²) < 4.78 is 10.9. The van der Waals surface area contributed by atoms with Gasteiger partial charge in [-0.1, -0.05) is 95.4 Å². The van der Waals surface area contributed by atoms with E-state index in [1.54, 1.807) is 0 Å². The first-order valence-electron chi connectivity index (χ1n) is 18.9. The van der Waals surface area contributed by atoms with Crippen molar-refractivity contribution in [3.63, 3.8) is 0 Å². The van der Waals surface area contributed by atoms with Gasteiger partial charge in [-0.3, -0.25) is 4.57 Å². The van der Waals surface area contributed by atoms with E-state index in [0.717, 1.165) is 111 Å². The molecule has 0 spiro atoms. The predicted octanol–water partition coefficient (Wildman–Crippen LogP) is 12.4. The van der Waals surface area contributed by atoms with Crippen LogP contribution in [0.15, 0.2) is 156 Å². The molecule has 7 heteroatoms. The number of fused-ring (bicyclic) bond motifs is 10. The molecule has 6 nitrogen and oxygen atoms in total. The quantitative estimate of drug-likeness (QED) is 0.165. The summed E-state index contributed by atoms with van der Waals surface area (Å²) in [6.45, 7) is 4.29. The number of pyridine rings is 1. The Balaban J connectivity index is 0.00000374. The minimum absolute atomic E-state index is 0. The molecule has 12 rings (SSSR count). The van der Waals surface area contributed by atoms with Gasteiger partial charge < -0.3 is 14.0 Å². The van der Waals surface area contributed by atoms with Crippen LogP contribution in [-0.2, 0) is 21.1 Å². The third-order valence-corrected chi connectivity index (χ3v) is 11.2. The van der Waals surface area contributed by atoms with Crippen LogP contribution in [0.5, 0.6) is 0 Å². The topological polar surface area (TPSA) is 62.9 Å². The summed E-state index contributed by atoms with van der Waals surface area (Å²) in [6.07, 6.45) is 1.84. The number of nitrogens with zero attached hydrogens (tertiary/aromatic N) is 5. The molecule has 272 valence electrons. The largest absolute Gasteiger partial charge is 2.00 e. The second-order valence-electron chi connectivity index (χ2n) is 14.7. The molecule has 0 bridgehead atoms. The van der Waals surface area contributed by atoms with E-state index in [9.17, 15) is 0 Å². The molecule has 0 atom stereocenters. The van der Waals surface area contributed by atoms with Gasteiger partial charge >= 0.3 is 21.1 Å². The van der Waals surface area contributed by atoms with E-state index in [2.05, 4.69) is 144 Å². The molecule has 0 aliphatic rings. The summed E-state index contributed by atoms with van der Waals surface area (Å²) in [4.78, 5) is 15.6. The van der Waals surface area contributed by atoms with Gasteiger partial charge in [0.2, 0.25) is 0 Å². The zero-order valence-corrected chi connectivity index (χ0v) is 33.2. The van der Waals surface area contributed by atoms with Crippen molar-refractivity contribution >= 4 is 76.6 Å². The number of hydrogen-bond donors (Lipinski definition) is 0. The molecule has 0 saturated heterocycles. The number of para-hydroxylation sites is 3. The van der Waals surface area contributed by atoms with Gasteiger partial charge in [-0.25, -0.2) is 9.97 Å². The van der Waals surface area contributed by atoms with Crippen LogP contribution in [0.25, 0.3) is 111 Å². The van der Waals surface area contributed by atoms with Crippen molar-refractivity contribution in [2.24, 2.45) is 0 Å². The van der Waals surface area contributed by atoms with Crippen molar-refractivity contribution < 1.29 is 25.5 Å². The number of furan rings is 1. The molecular formula is C50H31N5OPt. The van der Waals surface area contributed by atoms with Crippen LogP contribution in [0.2, 0.25) is 0 Å². The summed E-state index contributed by atoms with van der Waals surface area (Å²) in [5, 5.41) is 6.72. The van der Waals surface area contributed by atoms with Crippen molar-refractivity contribution in [1.82, 2.24) is 24.1 Å². The van der Waals surface area contributed by atoms with E-state index in [1.165, 1.54) is 10.9 Å². The van der Waals surface area contributed by atoms with Crippen molar-refractivity contribution in [1.29, 1.82) is 0 Å². The Morgan fingerprint density at radius 2 is 1.42 bits per heavy atom. The van der Waals surface area contributed by atoms with Gasteiger partial charge in [0.05, 0.1) is 11.0 Å². The fourth-order valence-electron chi connectivity index (χ4n) is 8.73. The molecule has 0 radical (unpaired) electrons. The minimum atomic E-state index is 0. The number of benzene rings is 7. The summed E-state index contributed by atoms with van der Waals surface area (Å²) in [6, 6.07) is 54.8. The van der Waals surface area contributed by atoms with Gasteiger partial charge in [0.25, 0.3) is 0 Å². The van der Waals surface area contributed by atoms with Crippen molar-refractivity contribution in [3.8, 4) is 34.0 Å². The number of rotatable bonds is 4. The maximum Gasteiger partial charge on any atom is 2.00 e. The zero-order valence-electron chi connectivity index (χ0n) is 30.9. The molecule has 5 heterocycles. The van der Waals surface area contributed by atoms with Gasteiger partial charge in [0.1, 0.15) is 22.8 Å². The van der Waals surface area contributed by atoms with Gasteiger partial charge in [-0.15, -0.1) is 34.8 Å². The van der Waals surface area contributed by atoms with E-state index in [0.29, 0.717) is 0 Å². The Morgan fingerprint density at radius 3 is 2.30 bits per heavy atom. The molecule has 0 fully saturated rings. The second-order valence-corrected chi connectivity index (χ2v) is 14.7. The predicted molar refractivity (Wildman–Crippen MR) is 228 cm³/mol. The summed E-state index contributed by atoms with van der Waals surface area (Å²) in [7, 11) is 0. The number of aryl methyl sites for hydroxylation is 2. The first-order chi connectivity index (χ1) is 27.6. The first kappa shape index (κ1) is 33.6. The van der Waals surface area contributed by atoms with Gasteiger partial charge in [-0.2, -0.15) is 0 Å². The summed E-state index contributed by atoms with van der Waals surface area (Å²) in [5.74, 6) is 1.67. The standard InChI is InChI=1S/C50H31N5O.Pt/c1-29-18-21-41-36(23-29)39-24-30(2)25-40(48(39)52-41)50-53-49-33(14-10-15-42(49)54(50)32-11-4-3-5-12-32)31-19-20-34-37-27-38-35-13-6-7-16-45(35)56-46(38)28-44(37)55(43(34)26-31)47-17-8-9-22-51-47;/h3-25,27-28H,1-2H3;/q-2;+2. The fraction of sp³-hybridized carbons (Fsp3) is 0.0400. The van der Waals surface area contributed by atoms with E-state index < -0.39 is 0 Å². The Bertz CT molecular complexity index is 3560. The normalized spacial score (nSPS) is 11.9. The van der Waals surface area contributed by atoms with E-state index >= 15 is 0 Å². The molecule has 0 N–H and O–H groups in total. The third-order valence-electron chi connectivity index (χ3n) is 11.2. The molecule has 0 saturated carbocycles. The molecule has 57 heavy (non-hydrogen) atoms. The smallest absolute Gasteiger partial charge is 0.656 e. The second kappa shape index (κ2) is 12.6. The van der Waals surface area contributed by atoms with Crippen LogP contribution < -0.4 is 4.98 Å². The minimum Gasteiger partial charge on any atom is -0.656 e. The van der Waals surface area contributed by atoms with Crippen molar-refractivity contribution in [2.45, 2.75) is 13.8 Å². The molecule has 0 unspecified atom stereocenters. The third kappa shape index (κ3) is 5.00. The van der Waals surface area contributed by atoms with Crippen molar-refractivity contribution in [3.05, 3.63) is 169 Å². The molecule has 0 aliphatic heterocycles. The van der Waals surface area contributed by atoms with Crippen LogP contribution in [0.3, 0.4) is 0 Å². The Labute approximate surface area is 341 Å². The molecular weight excluding hydrogens is 882 g/mol. The maximum absolute atomic E-state index is 6.37. The van der Waals surface area contributed by atoms with Gasteiger partial charge in [0.15, 0.2) is 0 Å². The van der Waals surface area contributed by atoms with E-state index in [-0.39, 0.29) is 21.1 Å². The average Bonchev–Trinajstić information content (AvgIpc) is 3.99. The van der Waals surface area contributed by atoms with Crippen LogP contribution >= 0.6 is 0 Å². The number of imidazole rings is 1. The molecule has 12 aromatic rings. The van der Waals surface area contributed by atoms with Gasteiger partial charge in [0, 0.05) is 39.8 Å². The molecule has 7 aromatic carbocycles. The number of aromatic nitrogens is 5. The Morgan fingerprint density at radius 1 is 0.579 bits per heavy atom. The fourth-order valence-corrected chi connectivity index (χ4v) is 8.73. The summed E-state index contributed by atoms with van der Waals surface area (Å²) in [5.41, 5.74) is 13.9. The Kier molecular flexibility index (Phi) is 7.44. The Hall–Kier alpha value is -6.75. The van der Waals surface area contributed by atoms with Crippen LogP contribution in [-0.4, -0.2) is 19.1 Å². The average molecular weight is 913 g/mol. The van der Waals surface area contributed by atoms with Crippen molar-refractivity contribution in [2.75, 3.05) is 0 Å². The molecule has 0 aliphatic carbocycles. The SMILES string of the molecule is Cc1ccc2[n-]c3c(-c4nc5c(-c6[c-]c7c(cc6)c6cc8c(cc6n7-c6ccccn6)oc6ccccc68)cccc5n4-c4ccccc4)cc(C)cc3c2c1.[Pt+2]. The zero-order chi connectivity index (χ0) is 37.1. The van der Waals surface area contributed by atoms with Crippen LogP contribution in [0, 0.1) is 19.9 Å². The first-order valence-corrected chi connectivity index (χ1v) is 18.9. The molecule has 0 amide bonds. The van der Waals surface area contributed by atoms with Crippen LogP contribution in [0.4, 0.5) is 0 Å². The van der Waals surface area contributed by atoms with Crippen LogP contribution in [0.1, 0.15) is 11.1 Å². The monoisotopic (exact) mass is 912 g/mol.